The van der Waals surface area contributed by atoms with Gasteiger partial charge in [-0.2, -0.15) is 0 Å². The fourth-order valence-corrected chi connectivity index (χ4v) is 2.45. The predicted octanol–water partition coefficient (Wildman–Crippen LogP) is 4.40. The molecule has 0 amide bonds. The quantitative estimate of drug-likeness (QED) is 0.697. The molecule has 0 aliphatic rings. The smallest absolute Gasteiger partial charge is 0.0493 e. The molecular formula is C9H9BrCl2. The Morgan fingerprint density at radius 2 is 2.08 bits per heavy atom. The lowest BCUT2D eigenvalue weighted by Crippen LogP contribution is -1.89. The molecular weight excluding hydrogens is 259 g/mol. The molecule has 0 aromatic heterocycles. The van der Waals surface area contributed by atoms with E-state index in [9.17, 15) is 0 Å². The highest BCUT2D eigenvalue weighted by Crippen LogP contribution is 2.29. The molecule has 0 spiro atoms. The summed E-state index contributed by atoms with van der Waals surface area (Å²) in [5, 5.41) is 0.793. The van der Waals surface area contributed by atoms with Crippen LogP contribution in [0.4, 0.5) is 0 Å². The lowest BCUT2D eigenvalue weighted by Gasteiger charge is -2.07. The Kier molecular flexibility index (Phi) is 3.88. The highest BCUT2D eigenvalue weighted by atomic mass is 79.9. The Morgan fingerprint density at radius 1 is 1.42 bits per heavy atom. The van der Waals surface area contributed by atoms with Crippen LogP contribution in [-0.2, 0) is 12.3 Å². The SMILES string of the molecule is CCc1c(Br)ccc(CCl)c1Cl. The Hall–Kier alpha value is 0.280. The minimum atomic E-state index is 0.471. The van der Waals surface area contributed by atoms with Crippen molar-refractivity contribution in [3.8, 4) is 0 Å². The zero-order chi connectivity index (χ0) is 9.14. The molecule has 1 aromatic carbocycles. The molecule has 0 unspecified atom stereocenters. The van der Waals surface area contributed by atoms with Crippen LogP contribution in [0.1, 0.15) is 18.1 Å². The first-order valence-electron chi connectivity index (χ1n) is 3.72. The second-order valence-electron chi connectivity index (χ2n) is 2.49. The van der Waals surface area contributed by atoms with Gasteiger partial charge in [0.05, 0.1) is 0 Å². The van der Waals surface area contributed by atoms with Gasteiger partial charge in [0.15, 0.2) is 0 Å². The van der Waals surface area contributed by atoms with Gasteiger partial charge < -0.3 is 0 Å². The largest absolute Gasteiger partial charge is 0.121 e. The Morgan fingerprint density at radius 3 is 2.58 bits per heavy atom. The van der Waals surface area contributed by atoms with Crippen LogP contribution >= 0.6 is 39.1 Å². The van der Waals surface area contributed by atoms with Crippen molar-refractivity contribution in [3.63, 3.8) is 0 Å². The third kappa shape index (κ3) is 1.95. The summed E-state index contributed by atoms with van der Waals surface area (Å²) >= 11 is 15.3. The van der Waals surface area contributed by atoms with E-state index < -0.39 is 0 Å². The molecule has 1 rings (SSSR count). The van der Waals surface area contributed by atoms with Crippen LogP contribution in [0.3, 0.4) is 0 Å². The van der Waals surface area contributed by atoms with Gasteiger partial charge in [-0.05, 0) is 23.6 Å². The van der Waals surface area contributed by atoms with E-state index in [0.29, 0.717) is 5.88 Å². The van der Waals surface area contributed by atoms with Crippen LogP contribution in [-0.4, -0.2) is 0 Å². The maximum absolute atomic E-state index is 6.10. The molecule has 0 aliphatic heterocycles. The highest BCUT2D eigenvalue weighted by Gasteiger charge is 2.07. The van der Waals surface area contributed by atoms with E-state index in [4.69, 9.17) is 23.2 Å². The normalized spacial score (nSPS) is 10.3. The molecule has 0 N–H and O–H groups in total. The number of benzene rings is 1. The summed E-state index contributed by atoms with van der Waals surface area (Å²) < 4.78 is 1.06. The van der Waals surface area contributed by atoms with Crippen molar-refractivity contribution in [1.82, 2.24) is 0 Å². The average Bonchev–Trinajstić information content (AvgIpc) is 2.06. The zero-order valence-corrected chi connectivity index (χ0v) is 9.80. The van der Waals surface area contributed by atoms with Crippen molar-refractivity contribution in [1.29, 1.82) is 0 Å². The van der Waals surface area contributed by atoms with E-state index in [0.717, 1.165) is 27.0 Å². The number of hydrogen-bond acceptors (Lipinski definition) is 0. The van der Waals surface area contributed by atoms with Gasteiger partial charge in [0, 0.05) is 15.4 Å². The second kappa shape index (κ2) is 4.50. The number of alkyl halides is 1. The Balaban J connectivity index is 3.24. The first-order valence-corrected chi connectivity index (χ1v) is 5.43. The first-order chi connectivity index (χ1) is 5.70. The summed E-state index contributed by atoms with van der Waals surface area (Å²) in [4.78, 5) is 0. The van der Waals surface area contributed by atoms with Crippen molar-refractivity contribution in [2.75, 3.05) is 0 Å². The molecule has 66 valence electrons. The van der Waals surface area contributed by atoms with Gasteiger partial charge in [0.25, 0.3) is 0 Å². The zero-order valence-electron chi connectivity index (χ0n) is 6.70. The van der Waals surface area contributed by atoms with Gasteiger partial charge in [-0.15, -0.1) is 11.6 Å². The van der Waals surface area contributed by atoms with E-state index in [-0.39, 0.29) is 0 Å². The molecule has 0 fully saturated rings. The Labute approximate surface area is 91.0 Å². The number of rotatable bonds is 2. The summed E-state index contributed by atoms with van der Waals surface area (Å²) in [6.45, 7) is 2.07. The fourth-order valence-electron chi connectivity index (χ4n) is 1.07. The molecule has 1 aromatic rings. The second-order valence-corrected chi connectivity index (χ2v) is 3.99. The highest BCUT2D eigenvalue weighted by molar-refractivity contribution is 9.10. The lowest BCUT2D eigenvalue weighted by atomic mass is 10.1. The Bertz CT molecular complexity index is 284. The summed E-state index contributed by atoms with van der Waals surface area (Å²) in [7, 11) is 0. The maximum Gasteiger partial charge on any atom is 0.0493 e. The van der Waals surface area contributed by atoms with Gasteiger partial charge in [-0.1, -0.05) is 40.5 Å². The maximum atomic E-state index is 6.10. The van der Waals surface area contributed by atoms with Crippen LogP contribution in [0.5, 0.6) is 0 Å². The molecule has 0 saturated heterocycles. The summed E-state index contributed by atoms with van der Waals surface area (Å²) in [6, 6.07) is 3.93. The van der Waals surface area contributed by atoms with Crippen LogP contribution in [0.25, 0.3) is 0 Å². The molecule has 0 bridgehead atoms. The van der Waals surface area contributed by atoms with Gasteiger partial charge >= 0.3 is 0 Å². The summed E-state index contributed by atoms with van der Waals surface area (Å²) in [5.74, 6) is 0.471. The van der Waals surface area contributed by atoms with Crippen molar-refractivity contribution in [2.45, 2.75) is 19.2 Å². The minimum Gasteiger partial charge on any atom is -0.121 e. The lowest BCUT2D eigenvalue weighted by molar-refractivity contribution is 1.12. The van der Waals surface area contributed by atoms with Crippen molar-refractivity contribution < 1.29 is 0 Å². The molecule has 0 saturated carbocycles. The first kappa shape index (κ1) is 10.4. The monoisotopic (exact) mass is 266 g/mol. The summed E-state index contributed by atoms with van der Waals surface area (Å²) in [6.07, 6.45) is 0.921. The minimum absolute atomic E-state index is 0.471. The molecule has 0 heterocycles. The van der Waals surface area contributed by atoms with Gasteiger partial charge in [-0.3, -0.25) is 0 Å². The van der Waals surface area contributed by atoms with Crippen molar-refractivity contribution in [2.24, 2.45) is 0 Å². The van der Waals surface area contributed by atoms with E-state index in [1.165, 1.54) is 0 Å². The summed E-state index contributed by atoms with van der Waals surface area (Å²) in [5.41, 5.74) is 2.13. The number of hydrogen-bond donors (Lipinski definition) is 0. The standard InChI is InChI=1S/C9H9BrCl2/c1-2-7-8(10)4-3-6(5-11)9(7)12/h3-4H,2,5H2,1H3. The molecule has 3 heteroatoms. The van der Waals surface area contributed by atoms with Crippen LogP contribution in [0, 0.1) is 0 Å². The molecule has 0 nitrogen and oxygen atoms in total. The van der Waals surface area contributed by atoms with Crippen LogP contribution < -0.4 is 0 Å². The van der Waals surface area contributed by atoms with E-state index in [1.807, 2.05) is 12.1 Å². The van der Waals surface area contributed by atoms with Crippen LogP contribution in [0.15, 0.2) is 16.6 Å². The van der Waals surface area contributed by atoms with Gasteiger partial charge in [-0.25, -0.2) is 0 Å². The number of halogens is 3. The molecule has 0 radical (unpaired) electrons. The van der Waals surface area contributed by atoms with E-state index in [2.05, 4.69) is 22.9 Å². The molecule has 0 atom stereocenters. The van der Waals surface area contributed by atoms with Crippen LogP contribution in [0.2, 0.25) is 5.02 Å². The van der Waals surface area contributed by atoms with Crippen molar-refractivity contribution in [3.05, 3.63) is 32.8 Å². The third-order valence-corrected chi connectivity index (χ3v) is 3.27. The molecule has 12 heavy (non-hydrogen) atoms. The third-order valence-electron chi connectivity index (χ3n) is 1.76. The van der Waals surface area contributed by atoms with E-state index >= 15 is 0 Å². The molecule has 0 aliphatic carbocycles. The fraction of sp³-hybridized carbons (Fsp3) is 0.333. The van der Waals surface area contributed by atoms with E-state index in [1.54, 1.807) is 0 Å². The topological polar surface area (TPSA) is 0 Å². The van der Waals surface area contributed by atoms with Gasteiger partial charge in [0.2, 0.25) is 0 Å². The predicted molar refractivity (Wildman–Crippen MR) is 58.1 cm³/mol. The van der Waals surface area contributed by atoms with Gasteiger partial charge in [0.1, 0.15) is 0 Å². The van der Waals surface area contributed by atoms with Crippen molar-refractivity contribution >= 4 is 39.1 Å². The average molecular weight is 268 g/mol.